The summed E-state index contributed by atoms with van der Waals surface area (Å²) in [5.74, 6) is 1.31. The van der Waals surface area contributed by atoms with Crippen LogP contribution in [0.5, 0.6) is 0 Å². The molecule has 0 amide bonds. The van der Waals surface area contributed by atoms with Crippen LogP contribution in [-0.2, 0) is 4.43 Å². The van der Waals surface area contributed by atoms with Crippen molar-refractivity contribution in [1.82, 2.24) is 0 Å². The summed E-state index contributed by atoms with van der Waals surface area (Å²) in [5, 5.41) is 0.294. The smallest absolute Gasteiger partial charge is 0.192 e. The minimum absolute atomic E-state index is 0.294. The first-order chi connectivity index (χ1) is 9.99. The van der Waals surface area contributed by atoms with Crippen LogP contribution >= 0.6 is 0 Å². The van der Waals surface area contributed by atoms with Gasteiger partial charge in [0.25, 0.3) is 0 Å². The van der Waals surface area contributed by atoms with Gasteiger partial charge in [-0.3, -0.25) is 0 Å². The predicted octanol–water partition coefficient (Wildman–Crippen LogP) is 6.34. The van der Waals surface area contributed by atoms with Gasteiger partial charge < -0.3 is 4.43 Å². The highest BCUT2D eigenvalue weighted by Gasteiger charge is 2.47. The molecule has 3 atom stereocenters. The molecule has 0 saturated heterocycles. The zero-order valence-corrected chi connectivity index (χ0v) is 17.0. The highest BCUT2D eigenvalue weighted by molar-refractivity contribution is 6.74. The van der Waals surface area contributed by atoms with Gasteiger partial charge in [-0.1, -0.05) is 51.0 Å². The normalized spacial score (nSPS) is 33.1. The largest absolute Gasteiger partial charge is 0.416 e. The minimum atomic E-state index is -1.67. The summed E-state index contributed by atoms with van der Waals surface area (Å²) in [7, 11) is -1.67. The zero-order chi connectivity index (χ0) is 16.8. The molecule has 0 aromatic rings. The Kier molecular flexibility index (Phi) is 4.86. The summed E-state index contributed by atoms with van der Waals surface area (Å²) in [4.78, 5) is 0. The van der Waals surface area contributed by atoms with Crippen molar-refractivity contribution < 1.29 is 4.43 Å². The molecular weight excluding hydrogens is 284 g/mol. The highest BCUT2D eigenvalue weighted by atomic mass is 28.4. The fourth-order valence-corrected chi connectivity index (χ4v) is 5.13. The van der Waals surface area contributed by atoms with E-state index in [9.17, 15) is 0 Å². The molecule has 0 bridgehead atoms. The molecule has 0 radical (unpaired) electrons. The van der Waals surface area contributed by atoms with Crippen molar-refractivity contribution in [3.8, 4) is 0 Å². The third-order valence-corrected chi connectivity index (χ3v) is 11.4. The Hall–Kier alpha value is -0.343. The lowest BCUT2D eigenvalue weighted by atomic mass is 9.56. The molecule has 2 aliphatic carbocycles. The van der Waals surface area contributed by atoms with Gasteiger partial charge in [0, 0.05) is 12.5 Å². The van der Waals surface area contributed by atoms with Gasteiger partial charge in [-0.2, -0.15) is 0 Å². The molecule has 22 heavy (non-hydrogen) atoms. The van der Waals surface area contributed by atoms with Gasteiger partial charge in [0.1, 0.15) is 0 Å². The van der Waals surface area contributed by atoms with Crippen molar-refractivity contribution in [2.24, 2.45) is 17.3 Å². The van der Waals surface area contributed by atoms with E-state index in [1.54, 1.807) is 11.1 Å². The molecule has 2 heteroatoms. The van der Waals surface area contributed by atoms with Crippen LogP contribution in [0.1, 0.15) is 60.8 Å². The third kappa shape index (κ3) is 3.14. The van der Waals surface area contributed by atoms with E-state index < -0.39 is 8.32 Å². The summed E-state index contributed by atoms with van der Waals surface area (Å²) in [6, 6.07) is 0. The van der Waals surface area contributed by atoms with E-state index in [0.29, 0.717) is 16.4 Å². The SMILES string of the molecule is CC1=CCC[C@@]2(C)[C@H]1CC=C(C)[C@@H]2CO[Si](C)(C)C(C)(C)C. The Bertz CT molecular complexity index is 480. The van der Waals surface area contributed by atoms with E-state index in [2.05, 4.69) is 66.8 Å². The third-order valence-electron chi connectivity index (χ3n) is 6.93. The van der Waals surface area contributed by atoms with Crippen LogP contribution in [0.3, 0.4) is 0 Å². The Balaban J connectivity index is 2.20. The Morgan fingerprint density at radius 1 is 1.18 bits per heavy atom. The summed E-state index contributed by atoms with van der Waals surface area (Å²) in [6.45, 7) is 19.9. The monoisotopic (exact) mass is 320 g/mol. The maximum Gasteiger partial charge on any atom is 0.192 e. The second-order valence-corrected chi connectivity index (χ2v) is 14.2. The second-order valence-electron chi connectivity index (χ2n) is 9.35. The first kappa shape index (κ1) is 18.0. The molecule has 0 fully saturated rings. The van der Waals surface area contributed by atoms with Gasteiger partial charge in [-0.25, -0.2) is 0 Å². The van der Waals surface area contributed by atoms with Crippen molar-refractivity contribution in [2.45, 2.75) is 78.9 Å². The minimum Gasteiger partial charge on any atom is -0.416 e. The lowest BCUT2D eigenvalue weighted by Gasteiger charge is -2.51. The quantitative estimate of drug-likeness (QED) is 0.435. The number of fused-ring (bicyclic) bond motifs is 1. The van der Waals surface area contributed by atoms with Crippen molar-refractivity contribution in [3.63, 3.8) is 0 Å². The van der Waals surface area contributed by atoms with E-state index in [1.807, 2.05) is 0 Å². The molecule has 0 spiro atoms. The van der Waals surface area contributed by atoms with E-state index in [1.165, 1.54) is 19.3 Å². The van der Waals surface area contributed by atoms with Crippen LogP contribution in [0.4, 0.5) is 0 Å². The molecule has 0 saturated carbocycles. The molecule has 126 valence electrons. The fraction of sp³-hybridized carbons (Fsp3) is 0.800. The van der Waals surface area contributed by atoms with Crippen molar-refractivity contribution in [3.05, 3.63) is 23.3 Å². The van der Waals surface area contributed by atoms with Gasteiger partial charge in [-0.05, 0) is 62.6 Å². The Labute approximate surface area is 139 Å². The molecule has 2 aliphatic rings. The molecule has 0 heterocycles. The van der Waals surface area contributed by atoms with Gasteiger partial charge in [0.05, 0.1) is 0 Å². The van der Waals surface area contributed by atoms with Crippen LogP contribution in [-0.4, -0.2) is 14.9 Å². The van der Waals surface area contributed by atoms with Crippen molar-refractivity contribution >= 4 is 8.32 Å². The average Bonchev–Trinajstić information content (AvgIpc) is 2.36. The van der Waals surface area contributed by atoms with Gasteiger partial charge in [0.15, 0.2) is 8.32 Å². The molecule has 2 rings (SSSR count). The van der Waals surface area contributed by atoms with Crippen LogP contribution < -0.4 is 0 Å². The summed E-state index contributed by atoms with van der Waals surface area (Å²) >= 11 is 0. The number of rotatable bonds is 3. The Morgan fingerprint density at radius 2 is 1.82 bits per heavy atom. The second kappa shape index (κ2) is 5.94. The molecular formula is C20H36OSi. The lowest BCUT2D eigenvalue weighted by molar-refractivity contribution is 0.0628. The number of hydrogen-bond donors (Lipinski definition) is 0. The maximum absolute atomic E-state index is 6.63. The van der Waals surface area contributed by atoms with Crippen LogP contribution in [0.15, 0.2) is 23.3 Å². The summed E-state index contributed by atoms with van der Waals surface area (Å²) < 4.78 is 6.63. The summed E-state index contributed by atoms with van der Waals surface area (Å²) in [5.41, 5.74) is 3.56. The molecule has 0 aliphatic heterocycles. The molecule has 0 aromatic heterocycles. The topological polar surface area (TPSA) is 9.23 Å². The van der Waals surface area contributed by atoms with Crippen LogP contribution in [0, 0.1) is 17.3 Å². The molecule has 1 nitrogen and oxygen atoms in total. The molecule has 0 N–H and O–H groups in total. The zero-order valence-electron chi connectivity index (χ0n) is 16.0. The fourth-order valence-electron chi connectivity index (χ4n) is 4.12. The number of allylic oxidation sites excluding steroid dienone is 3. The first-order valence-electron chi connectivity index (χ1n) is 8.96. The highest BCUT2D eigenvalue weighted by Crippen LogP contribution is 2.54. The van der Waals surface area contributed by atoms with Gasteiger partial charge >= 0.3 is 0 Å². The average molecular weight is 321 g/mol. The van der Waals surface area contributed by atoms with Crippen LogP contribution in [0.25, 0.3) is 0 Å². The maximum atomic E-state index is 6.63. The molecule has 0 unspecified atom stereocenters. The van der Waals surface area contributed by atoms with Gasteiger partial charge in [-0.15, -0.1) is 0 Å². The first-order valence-corrected chi connectivity index (χ1v) is 11.9. The van der Waals surface area contributed by atoms with E-state index >= 15 is 0 Å². The van der Waals surface area contributed by atoms with Gasteiger partial charge in [0.2, 0.25) is 0 Å². The van der Waals surface area contributed by atoms with E-state index in [4.69, 9.17) is 4.43 Å². The van der Waals surface area contributed by atoms with Crippen molar-refractivity contribution in [1.29, 1.82) is 0 Å². The van der Waals surface area contributed by atoms with E-state index in [0.717, 1.165) is 12.5 Å². The standard InChI is InChI=1S/C20H36OSi/c1-15-10-9-13-20(6)17(15)12-11-16(2)18(20)14-21-22(7,8)19(3,4)5/h10-11,17-18H,9,12-14H2,1-8H3/t17-,18-,20-/m0/s1. The van der Waals surface area contributed by atoms with Crippen LogP contribution in [0.2, 0.25) is 18.1 Å². The summed E-state index contributed by atoms with van der Waals surface area (Å²) in [6.07, 6.45) is 8.72. The van der Waals surface area contributed by atoms with E-state index in [-0.39, 0.29) is 0 Å². The van der Waals surface area contributed by atoms with Crippen molar-refractivity contribution in [2.75, 3.05) is 6.61 Å². The lowest BCUT2D eigenvalue weighted by Crippen LogP contribution is -2.47. The predicted molar refractivity (Wildman–Crippen MR) is 99.6 cm³/mol. The number of hydrogen-bond acceptors (Lipinski definition) is 1. The Morgan fingerprint density at radius 3 is 2.41 bits per heavy atom. The molecule has 0 aromatic carbocycles.